The first kappa shape index (κ1) is 23.6. The molecule has 0 saturated heterocycles. The Morgan fingerprint density at radius 2 is 1.78 bits per heavy atom. The maximum absolute atomic E-state index is 13.7. The largest absolute Gasteiger partial charge is 0.479 e. The normalized spacial score (nSPS) is 12.6. The molecule has 3 aromatic rings. The van der Waals surface area contributed by atoms with Crippen LogP contribution in [0.3, 0.4) is 0 Å². The number of halogens is 4. The van der Waals surface area contributed by atoms with E-state index in [0.717, 1.165) is 6.07 Å². The van der Waals surface area contributed by atoms with E-state index in [1.54, 1.807) is 32.0 Å². The fourth-order valence-corrected chi connectivity index (χ4v) is 3.09. The molecule has 0 spiro atoms. The van der Waals surface area contributed by atoms with Crippen LogP contribution in [0.15, 0.2) is 56.1 Å². The van der Waals surface area contributed by atoms with Crippen LogP contribution in [0, 0.1) is 0 Å². The minimum atomic E-state index is -5.00. The van der Waals surface area contributed by atoms with Crippen LogP contribution in [0.1, 0.15) is 26.5 Å². The second kappa shape index (κ2) is 9.23. The maximum atomic E-state index is 13.7. The first-order valence-electron chi connectivity index (χ1n) is 9.45. The molecule has 10 heteroatoms. The molecule has 2 aromatic carbocycles. The highest BCUT2D eigenvalue weighted by atomic mass is 79.9. The average molecular weight is 515 g/mol. The van der Waals surface area contributed by atoms with Crippen LogP contribution in [0.4, 0.5) is 13.2 Å². The third-order valence-electron chi connectivity index (χ3n) is 4.12. The zero-order valence-electron chi connectivity index (χ0n) is 17.2. The fourth-order valence-electron chi connectivity index (χ4n) is 2.73. The predicted molar refractivity (Wildman–Crippen MR) is 113 cm³/mol. The molecular weight excluding hydrogens is 497 g/mol. The van der Waals surface area contributed by atoms with E-state index in [0.29, 0.717) is 4.47 Å². The van der Waals surface area contributed by atoms with Crippen molar-refractivity contribution in [3.63, 3.8) is 0 Å². The smallest absolute Gasteiger partial charge is 0.453 e. The van der Waals surface area contributed by atoms with E-state index >= 15 is 0 Å². The average Bonchev–Trinajstić information content (AvgIpc) is 2.70. The van der Waals surface area contributed by atoms with Crippen molar-refractivity contribution in [2.24, 2.45) is 0 Å². The Hall–Kier alpha value is -3.01. The third kappa shape index (κ3) is 5.24. The number of benzene rings is 2. The Balaban J connectivity index is 2.05. The minimum absolute atomic E-state index is 0.0158. The summed E-state index contributed by atoms with van der Waals surface area (Å²) in [5, 5.41) is -0.148. The molecule has 1 atom stereocenters. The summed E-state index contributed by atoms with van der Waals surface area (Å²) in [6, 6.07) is 9.84. The van der Waals surface area contributed by atoms with Crippen molar-refractivity contribution in [1.82, 2.24) is 0 Å². The molecule has 1 heterocycles. The van der Waals surface area contributed by atoms with Crippen LogP contribution < -0.4 is 14.9 Å². The van der Waals surface area contributed by atoms with Gasteiger partial charge in [-0.05, 0) is 61.0 Å². The number of para-hydroxylation sites is 1. The molecule has 0 radical (unpaired) electrons. The van der Waals surface area contributed by atoms with Gasteiger partial charge in [0.1, 0.15) is 17.1 Å². The van der Waals surface area contributed by atoms with Gasteiger partial charge in [0.05, 0.1) is 16.0 Å². The molecule has 0 bridgehead atoms. The van der Waals surface area contributed by atoms with Crippen molar-refractivity contribution < 1.29 is 36.6 Å². The van der Waals surface area contributed by atoms with Crippen LogP contribution in [0.2, 0.25) is 0 Å². The van der Waals surface area contributed by atoms with Gasteiger partial charge in [-0.15, -0.1) is 0 Å². The van der Waals surface area contributed by atoms with Crippen LogP contribution in [-0.4, -0.2) is 18.2 Å². The van der Waals surface area contributed by atoms with Crippen molar-refractivity contribution in [3.05, 3.63) is 62.9 Å². The summed E-state index contributed by atoms with van der Waals surface area (Å²) in [6.45, 7) is 4.77. The topological polar surface area (TPSA) is 75.0 Å². The molecule has 0 N–H and O–H groups in total. The van der Waals surface area contributed by atoms with E-state index < -0.39 is 35.2 Å². The summed E-state index contributed by atoms with van der Waals surface area (Å²) in [4.78, 5) is 24.8. The molecule has 1 aromatic heterocycles. The summed E-state index contributed by atoms with van der Waals surface area (Å²) >= 11 is 3.17. The molecule has 0 aliphatic heterocycles. The van der Waals surface area contributed by atoms with Crippen molar-refractivity contribution >= 4 is 32.9 Å². The van der Waals surface area contributed by atoms with Gasteiger partial charge in [0.2, 0.25) is 11.2 Å². The quantitative estimate of drug-likeness (QED) is 0.370. The summed E-state index contributed by atoms with van der Waals surface area (Å²) < 4.78 is 62.2. The Kier molecular flexibility index (Phi) is 6.82. The molecule has 0 fully saturated rings. The summed E-state index contributed by atoms with van der Waals surface area (Å²) in [5.74, 6) is -3.17. The number of rotatable bonds is 6. The van der Waals surface area contributed by atoms with E-state index in [1.807, 2.05) is 0 Å². The van der Waals surface area contributed by atoms with E-state index in [-0.39, 0.29) is 28.6 Å². The van der Waals surface area contributed by atoms with Crippen molar-refractivity contribution in [2.45, 2.75) is 39.2 Å². The summed E-state index contributed by atoms with van der Waals surface area (Å²) in [6.07, 6.45) is -6.39. The van der Waals surface area contributed by atoms with E-state index in [2.05, 4.69) is 15.9 Å². The SMILES string of the molecule is CC(C)OC(=O)[C@@H](C)Oc1ccc2c(=O)c(Oc3ccccc3Br)c(C(F)(F)F)oc2c1. The first-order chi connectivity index (χ1) is 15.0. The zero-order chi connectivity index (χ0) is 23.6. The van der Waals surface area contributed by atoms with Gasteiger partial charge < -0.3 is 18.6 Å². The van der Waals surface area contributed by atoms with Gasteiger partial charge >= 0.3 is 12.1 Å². The second-order valence-electron chi connectivity index (χ2n) is 7.02. The summed E-state index contributed by atoms with van der Waals surface area (Å²) in [5.41, 5.74) is -1.38. The highest BCUT2D eigenvalue weighted by molar-refractivity contribution is 9.10. The standard InChI is InChI=1S/C22H18BrF3O6/c1-11(2)29-21(28)12(3)30-13-8-9-14-17(10-13)32-20(22(24,25)26)19(18(14)27)31-16-7-5-4-6-15(16)23/h4-12H,1-3H3/t12-/m1/s1. The lowest BCUT2D eigenvalue weighted by Crippen LogP contribution is -2.28. The number of carbonyl (C=O) groups is 1. The Morgan fingerprint density at radius 1 is 1.09 bits per heavy atom. The van der Waals surface area contributed by atoms with Gasteiger partial charge in [-0.2, -0.15) is 13.2 Å². The Bertz CT molecular complexity index is 1200. The second-order valence-corrected chi connectivity index (χ2v) is 7.88. The number of carbonyl (C=O) groups excluding carboxylic acids is 1. The number of ether oxygens (including phenoxy) is 3. The van der Waals surface area contributed by atoms with Crippen LogP contribution in [0.5, 0.6) is 17.2 Å². The monoisotopic (exact) mass is 514 g/mol. The third-order valence-corrected chi connectivity index (χ3v) is 4.78. The predicted octanol–water partition coefficient (Wildman–Crippen LogP) is 6.09. The number of esters is 1. The van der Waals surface area contributed by atoms with Crippen molar-refractivity contribution in [1.29, 1.82) is 0 Å². The molecular formula is C22H18BrF3O6. The minimum Gasteiger partial charge on any atom is -0.479 e. The van der Waals surface area contributed by atoms with E-state index in [4.69, 9.17) is 18.6 Å². The van der Waals surface area contributed by atoms with Crippen LogP contribution in [-0.2, 0) is 15.7 Å². The lowest BCUT2D eigenvalue weighted by Gasteiger charge is -2.17. The first-order valence-corrected chi connectivity index (χ1v) is 10.2. The van der Waals surface area contributed by atoms with Gasteiger partial charge in [-0.25, -0.2) is 4.79 Å². The van der Waals surface area contributed by atoms with Gasteiger partial charge in [0.15, 0.2) is 6.10 Å². The number of fused-ring (bicyclic) bond motifs is 1. The van der Waals surface area contributed by atoms with Gasteiger partial charge in [0.25, 0.3) is 5.76 Å². The highest BCUT2D eigenvalue weighted by Crippen LogP contribution is 2.39. The lowest BCUT2D eigenvalue weighted by atomic mass is 10.2. The number of hydrogen-bond acceptors (Lipinski definition) is 6. The Morgan fingerprint density at radius 3 is 2.41 bits per heavy atom. The summed E-state index contributed by atoms with van der Waals surface area (Å²) in [7, 11) is 0. The van der Waals surface area contributed by atoms with E-state index in [9.17, 15) is 22.8 Å². The van der Waals surface area contributed by atoms with Crippen molar-refractivity contribution in [3.8, 4) is 17.2 Å². The lowest BCUT2D eigenvalue weighted by molar-refractivity contribution is -0.155. The zero-order valence-corrected chi connectivity index (χ0v) is 18.7. The number of alkyl halides is 3. The Labute approximate surface area is 189 Å². The molecule has 0 saturated carbocycles. The molecule has 0 amide bonds. The van der Waals surface area contributed by atoms with Crippen molar-refractivity contribution in [2.75, 3.05) is 0 Å². The van der Waals surface area contributed by atoms with E-state index in [1.165, 1.54) is 25.1 Å². The van der Waals surface area contributed by atoms with Crippen LogP contribution in [0.25, 0.3) is 11.0 Å². The molecule has 0 aliphatic rings. The van der Waals surface area contributed by atoms with Gasteiger partial charge in [-0.1, -0.05) is 12.1 Å². The molecule has 0 unspecified atom stereocenters. The maximum Gasteiger partial charge on any atom is 0.453 e. The highest BCUT2D eigenvalue weighted by Gasteiger charge is 2.40. The fraction of sp³-hybridized carbons (Fsp3) is 0.273. The van der Waals surface area contributed by atoms with Gasteiger partial charge in [0, 0.05) is 6.07 Å². The molecule has 3 rings (SSSR count). The van der Waals surface area contributed by atoms with Crippen LogP contribution >= 0.6 is 15.9 Å². The molecule has 6 nitrogen and oxygen atoms in total. The molecule has 170 valence electrons. The van der Waals surface area contributed by atoms with Gasteiger partial charge in [-0.3, -0.25) is 4.79 Å². The number of hydrogen-bond donors (Lipinski definition) is 0. The molecule has 0 aliphatic carbocycles. The molecule has 32 heavy (non-hydrogen) atoms.